The summed E-state index contributed by atoms with van der Waals surface area (Å²) < 4.78 is 0.136. The summed E-state index contributed by atoms with van der Waals surface area (Å²) in [5.41, 5.74) is 1.39. The predicted octanol–water partition coefficient (Wildman–Crippen LogP) is 2.76. The molecule has 0 spiro atoms. The molecule has 15 heavy (non-hydrogen) atoms. The number of ketones is 1. The van der Waals surface area contributed by atoms with E-state index < -0.39 is 0 Å². The van der Waals surface area contributed by atoms with Crippen LogP contribution in [-0.2, 0) is 9.63 Å². The molecule has 0 N–H and O–H groups in total. The lowest BCUT2D eigenvalue weighted by molar-refractivity contribution is -0.110. The van der Waals surface area contributed by atoms with Crippen molar-refractivity contribution in [2.24, 2.45) is 5.16 Å². The molecule has 0 aliphatic heterocycles. The zero-order valence-corrected chi connectivity index (χ0v) is 9.55. The van der Waals surface area contributed by atoms with E-state index in [4.69, 9.17) is 28.0 Å². The quantitative estimate of drug-likeness (QED) is 0.436. The molecule has 0 unspecified atom stereocenters. The number of rotatable bonds is 3. The first kappa shape index (κ1) is 12.0. The first-order chi connectivity index (χ1) is 7.09. The molecule has 80 valence electrons. The molecular weight excluding hydrogens is 237 g/mol. The number of carbonyl (C=O) groups is 1. The van der Waals surface area contributed by atoms with Crippen LogP contribution in [0.3, 0.4) is 0 Å². The summed E-state index contributed by atoms with van der Waals surface area (Å²) in [5, 5.41) is 3.82. The van der Waals surface area contributed by atoms with Gasteiger partial charge in [0.05, 0.1) is 0 Å². The molecule has 3 nitrogen and oxygen atoms in total. The van der Waals surface area contributed by atoms with Gasteiger partial charge in [0.25, 0.3) is 0 Å². The zero-order chi connectivity index (χ0) is 11.3. The van der Waals surface area contributed by atoms with Crippen LogP contribution in [0, 0.1) is 0 Å². The molecule has 1 rings (SSSR count). The Kier molecular flexibility index (Phi) is 4.59. The van der Waals surface area contributed by atoms with Crippen molar-refractivity contribution < 1.29 is 9.63 Å². The summed E-state index contributed by atoms with van der Waals surface area (Å²) in [6.45, 7) is 1.98. The van der Waals surface area contributed by atoms with E-state index in [1.54, 1.807) is 13.0 Å². The van der Waals surface area contributed by atoms with Gasteiger partial charge < -0.3 is 4.84 Å². The molecule has 1 aliphatic rings. The van der Waals surface area contributed by atoms with Crippen molar-refractivity contribution in [1.29, 1.82) is 0 Å². The monoisotopic (exact) mass is 245 g/mol. The van der Waals surface area contributed by atoms with Crippen LogP contribution in [0.4, 0.5) is 0 Å². The minimum Gasteiger partial charge on any atom is -0.391 e. The topological polar surface area (TPSA) is 38.7 Å². The summed E-state index contributed by atoms with van der Waals surface area (Å²) in [6, 6.07) is 0. The molecule has 0 atom stereocenters. The zero-order valence-electron chi connectivity index (χ0n) is 8.04. The maximum atomic E-state index is 10.9. The van der Waals surface area contributed by atoms with Gasteiger partial charge in [-0.1, -0.05) is 28.4 Å². The lowest BCUT2D eigenvalue weighted by Gasteiger charge is -2.04. The fourth-order valence-electron chi connectivity index (χ4n) is 0.937. The number of hydrogen-bond donors (Lipinski definition) is 0. The van der Waals surface area contributed by atoms with Crippen LogP contribution in [0.5, 0.6) is 0 Å². The Labute approximate surface area is 97.7 Å². The molecule has 0 saturated heterocycles. The van der Waals surface area contributed by atoms with Crippen LogP contribution in [0.2, 0.25) is 0 Å². The van der Waals surface area contributed by atoms with Gasteiger partial charge in [-0.3, -0.25) is 4.79 Å². The highest BCUT2D eigenvalue weighted by atomic mass is 35.5. The van der Waals surface area contributed by atoms with Crippen LogP contribution in [0.25, 0.3) is 0 Å². The normalized spacial score (nSPS) is 17.7. The molecule has 0 amide bonds. The molecule has 0 radical (unpaired) electrons. The predicted molar refractivity (Wildman–Crippen MR) is 61.1 cm³/mol. The highest BCUT2D eigenvalue weighted by Gasteiger charge is 2.06. The van der Waals surface area contributed by atoms with Crippen molar-refractivity contribution in [3.05, 3.63) is 34.4 Å². The third-order valence-corrected chi connectivity index (χ3v) is 1.95. The Balaban J connectivity index is 2.54. The number of hydrogen-bond acceptors (Lipinski definition) is 3. The van der Waals surface area contributed by atoms with Gasteiger partial charge in [-0.25, -0.2) is 0 Å². The number of nitrogens with zero attached hydrogens (tertiary/aromatic N) is 1. The number of carbonyl (C=O) groups excluding carboxylic acids is 1. The van der Waals surface area contributed by atoms with Crippen LogP contribution >= 0.6 is 23.2 Å². The Bertz CT molecular complexity index is 377. The van der Waals surface area contributed by atoms with Crippen molar-refractivity contribution in [2.75, 3.05) is 6.61 Å². The van der Waals surface area contributed by atoms with E-state index in [1.807, 2.05) is 0 Å². The number of allylic oxidation sites excluding steroid dienone is 4. The van der Waals surface area contributed by atoms with Crippen molar-refractivity contribution in [2.45, 2.75) is 6.92 Å². The molecule has 0 bridgehead atoms. The molecule has 0 fully saturated rings. The molecule has 0 saturated carbocycles. The van der Waals surface area contributed by atoms with Crippen molar-refractivity contribution in [3.63, 3.8) is 0 Å². The maximum absolute atomic E-state index is 10.9. The van der Waals surface area contributed by atoms with Crippen molar-refractivity contribution in [3.8, 4) is 0 Å². The van der Waals surface area contributed by atoms with E-state index in [-0.39, 0.29) is 16.9 Å². The Hall–Kier alpha value is -1.06. The standard InChI is InChI=1S/C10H9Cl2NO2/c1-7-6-8(14)2-3-9(7)13-15-5-4-10(11)12/h2-4,6H,5H2,1H3. The van der Waals surface area contributed by atoms with Gasteiger partial charge in [0.1, 0.15) is 16.8 Å². The third kappa shape index (κ3) is 4.32. The first-order valence-electron chi connectivity index (χ1n) is 4.21. The van der Waals surface area contributed by atoms with Gasteiger partial charge in [-0.2, -0.15) is 0 Å². The molecule has 0 aromatic carbocycles. The molecule has 0 aromatic heterocycles. The van der Waals surface area contributed by atoms with E-state index in [0.717, 1.165) is 5.57 Å². The second kappa shape index (κ2) is 5.73. The fraction of sp³-hybridized carbons (Fsp3) is 0.200. The summed E-state index contributed by atoms with van der Waals surface area (Å²) in [6.07, 6.45) is 6.00. The van der Waals surface area contributed by atoms with E-state index in [9.17, 15) is 4.79 Å². The minimum absolute atomic E-state index is 0.0462. The summed E-state index contributed by atoms with van der Waals surface area (Å²) in [4.78, 5) is 15.9. The minimum atomic E-state index is -0.0462. The van der Waals surface area contributed by atoms with Gasteiger partial charge in [0, 0.05) is 0 Å². The van der Waals surface area contributed by atoms with Crippen LogP contribution in [-0.4, -0.2) is 18.1 Å². The molecule has 0 heterocycles. The highest BCUT2D eigenvalue weighted by molar-refractivity contribution is 6.55. The number of oxime groups is 1. The second-order valence-corrected chi connectivity index (χ2v) is 3.84. The Morgan fingerprint density at radius 2 is 2.27 bits per heavy atom. The maximum Gasteiger partial charge on any atom is 0.179 e. The van der Waals surface area contributed by atoms with Crippen LogP contribution in [0.15, 0.2) is 39.5 Å². The van der Waals surface area contributed by atoms with E-state index >= 15 is 0 Å². The molecule has 0 aromatic rings. The van der Waals surface area contributed by atoms with Gasteiger partial charge >= 0.3 is 0 Å². The lowest BCUT2D eigenvalue weighted by atomic mass is 10.1. The van der Waals surface area contributed by atoms with Crippen LogP contribution < -0.4 is 0 Å². The summed E-state index contributed by atoms with van der Waals surface area (Å²) in [7, 11) is 0. The smallest absolute Gasteiger partial charge is 0.179 e. The lowest BCUT2D eigenvalue weighted by Crippen LogP contribution is -2.06. The van der Waals surface area contributed by atoms with Gasteiger partial charge in [0.15, 0.2) is 5.78 Å². The van der Waals surface area contributed by atoms with Crippen molar-refractivity contribution >= 4 is 34.7 Å². The molecule has 1 aliphatic carbocycles. The summed E-state index contributed by atoms with van der Waals surface area (Å²) in [5.74, 6) is -0.0462. The largest absolute Gasteiger partial charge is 0.391 e. The van der Waals surface area contributed by atoms with Gasteiger partial charge in [0.2, 0.25) is 0 Å². The average molecular weight is 246 g/mol. The molecular formula is C10H9Cl2NO2. The highest BCUT2D eigenvalue weighted by Crippen LogP contribution is 2.07. The van der Waals surface area contributed by atoms with E-state index in [2.05, 4.69) is 5.16 Å². The SMILES string of the molecule is CC1=CC(=O)C=CC1=NOCC=C(Cl)Cl. The fourth-order valence-corrected chi connectivity index (χ4v) is 1.06. The molecule has 5 heteroatoms. The van der Waals surface area contributed by atoms with E-state index in [0.29, 0.717) is 5.71 Å². The Morgan fingerprint density at radius 3 is 2.87 bits per heavy atom. The first-order valence-corrected chi connectivity index (χ1v) is 4.97. The van der Waals surface area contributed by atoms with Crippen LogP contribution in [0.1, 0.15) is 6.92 Å². The van der Waals surface area contributed by atoms with Gasteiger partial charge in [-0.15, -0.1) is 0 Å². The average Bonchev–Trinajstić information content (AvgIpc) is 2.14. The summed E-state index contributed by atoms with van der Waals surface area (Å²) >= 11 is 10.8. The van der Waals surface area contributed by atoms with E-state index in [1.165, 1.54) is 18.2 Å². The third-order valence-electron chi connectivity index (χ3n) is 1.64. The second-order valence-electron chi connectivity index (χ2n) is 2.83. The Morgan fingerprint density at radius 1 is 1.53 bits per heavy atom. The number of halogens is 2. The van der Waals surface area contributed by atoms with Crippen molar-refractivity contribution in [1.82, 2.24) is 0 Å². The van der Waals surface area contributed by atoms with Gasteiger partial charge in [-0.05, 0) is 36.8 Å².